The largest absolute Gasteiger partial charge is 0.481 e. The van der Waals surface area contributed by atoms with Crippen LogP contribution in [0.3, 0.4) is 0 Å². The third kappa shape index (κ3) is 17.4. The van der Waals surface area contributed by atoms with E-state index in [0.29, 0.717) is 0 Å². The Balaban J connectivity index is 7.83. The van der Waals surface area contributed by atoms with Crippen LogP contribution >= 0.6 is 0 Å². The molecule has 21 heavy (non-hydrogen) atoms. The monoisotopic (exact) mass is 334 g/mol. The van der Waals surface area contributed by atoms with Crippen molar-refractivity contribution >= 4 is 5.97 Å². The van der Waals surface area contributed by atoms with Gasteiger partial charge in [-0.05, 0) is 19.1 Å². The Kier molecular flexibility index (Phi) is 2.03. The Hall–Kier alpha value is -0.570. The van der Waals surface area contributed by atoms with E-state index >= 15 is 0 Å². The van der Waals surface area contributed by atoms with Gasteiger partial charge in [0.05, 0.1) is 7.45 Å². The van der Waals surface area contributed by atoms with Crippen LogP contribution < -0.4 is 0 Å². The van der Waals surface area contributed by atoms with Crippen molar-refractivity contribution in [2.45, 2.75) is 109 Å². The Bertz CT molecular complexity index is 1450. The van der Waals surface area contributed by atoms with Gasteiger partial charge in [0.25, 0.3) is 0 Å². The molecule has 0 spiro atoms. The van der Waals surface area contributed by atoms with Gasteiger partial charge in [0, 0.05) is 51.6 Å². The van der Waals surface area contributed by atoms with Crippen molar-refractivity contribution < 1.29 is 61.6 Å². The molecule has 2 N–H and O–H groups in total. The molecule has 0 saturated heterocycles. The maximum atomic E-state index is 11.4. The minimum atomic E-state index is -5.44. The topological polar surface area (TPSA) is 57.5 Å². The van der Waals surface area contributed by atoms with Crippen molar-refractivity contribution in [1.29, 1.82) is 0 Å². The quantitative estimate of drug-likeness (QED) is 0.402. The molecule has 0 rings (SSSR count). The van der Waals surface area contributed by atoms with Crippen LogP contribution in [0, 0.1) is 0 Å². The minimum Gasteiger partial charge on any atom is -0.481 e. The van der Waals surface area contributed by atoms with Gasteiger partial charge in [-0.3, -0.25) is 4.79 Å². The fourth-order valence-corrected chi connectivity index (χ4v) is 0.547. The van der Waals surface area contributed by atoms with Gasteiger partial charge in [0.1, 0.15) is 0 Å². The number of hydrogen-bond donors (Lipinski definition) is 2. The third-order valence-corrected chi connectivity index (χ3v) is 1.16. The molecular weight excluding hydrogens is 264 g/mol. The predicted octanol–water partition coefficient (Wildman–Crippen LogP) is 5.30. The fourth-order valence-electron chi connectivity index (χ4n) is 0.547. The summed E-state index contributed by atoms with van der Waals surface area (Å²) in [6.45, 7) is -4.17. The van der Waals surface area contributed by atoms with E-state index in [9.17, 15) is 9.90 Å². The summed E-state index contributed by atoms with van der Waals surface area (Å²) in [5.74, 6) is -2.81. The molecule has 0 amide bonds. The van der Waals surface area contributed by atoms with E-state index in [1.807, 2.05) is 0 Å². The summed E-state index contributed by atoms with van der Waals surface area (Å²) >= 11 is 0. The Morgan fingerprint density at radius 2 is 1.43 bits per heavy atom. The molecule has 1 atom stereocenters. The van der Waals surface area contributed by atoms with E-state index in [0.717, 1.165) is 0 Å². The van der Waals surface area contributed by atoms with Crippen LogP contribution in [-0.2, 0) is 4.79 Å². The van der Waals surface area contributed by atoms with Gasteiger partial charge < -0.3 is 10.2 Å². The highest BCUT2D eigenvalue weighted by Gasteiger charge is 2.03. The Labute approximate surface area is 178 Å². The Morgan fingerprint density at radius 1 is 0.952 bits per heavy atom. The van der Waals surface area contributed by atoms with E-state index in [1.54, 1.807) is 0 Å². The second-order valence-electron chi connectivity index (χ2n) is 2.53. The van der Waals surface area contributed by atoms with Crippen LogP contribution in [0.4, 0.5) is 0 Å². The number of carbonyl (C=O) groups is 1. The van der Waals surface area contributed by atoms with Crippen LogP contribution in [0.15, 0.2) is 0 Å². The molecule has 0 radical (unpaired) electrons. The summed E-state index contributed by atoms with van der Waals surface area (Å²) in [7, 11) is 0. The van der Waals surface area contributed by atoms with Crippen molar-refractivity contribution in [2.24, 2.45) is 0 Å². The maximum Gasteiger partial charge on any atom is 0.303 e. The summed E-state index contributed by atoms with van der Waals surface area (Å²) in [6.07, 6.45) is -80.6. The second-order valence-corrected chi connectivity index (χ2v) is 2.53. The highest BCUT2D eigenvalue weighted by atomic mass is 16.4. The standard InChI is InChI=1S/C18H36O3/c1-2-3-4-11-14-17(19)15-12-9-7-5-6-8-10-13-16-18(20)21/h17,19H,2-16H2,1H3,(H,20,21)/i1D3,2D2,3D2,4D2,5D2,6D2,7D2,8D2,9D2,10D2,11D2,12D2,13D2,14D2,15D2,16D2,17D. The summed E-state index contributed by atoms with van der Waals surface area (Å²) in [5.41, 5.74) is 0. The normalized spacial score (nSPS) is 48.8. The number of carboxylic acids is 1. The third-order valence-electron chi connectivity index (χ3n) is 1.16. The fraction of sp³-hybridized carbons (Fsp3) is 0.944. The van der Waals surface area contributed by atoms with Gasteiger partial charge in [-0.1, -0.05) is 77.0 Å². The summed E-state index contributed by atoms with van der Waals surface area (Å²) in [6, 6.07) is 0. The van der Waals surface area contributed by atoms with Gasteiger partial charge >= 0.3 is 5.97 Å². The molecule has 0 saturated carbocycles. The average Bonchev–Trinajstić information content (AvgIpc) is 2.94. The first kappa shape index (κ1) is 2.70. The van der Waals surface area contributed by atoms with E-state index in [1.165, 1.54) is 0 Å². The first-order valence-electron chi connectivity index (χ1n) is 21.9. The van der Waals surface area contributed by atoms with Gasteiger partial charge in [-0.2, -0.15) is 0 Å². The van der Waals surface area contributed by atoms with Crippen molar-refractivity contribution in [3.63, 3.8) is 0 Å². The predicted molar refractivity (Wildman–Crippen MR) is 88.6 cm³/mol. The lowest BCUT2D eigenvalue weighted by atomic mass is 10.0. The molecule has 3 heteroatoms. The molecule has 0 aromatic rings. The number of rotatable bonds is 16. The molecular formula is C18H36O3. The van der Waals surface area contributed by atoms with E-state index in [4.69, 9.17) is 51.7 Å². The highest BCUT2D eigenvalue weighted by molar-refractivity contribution is 5.66. The van der Waals surface area contributed by atoms with Crippen molar-refractivity contribution in [2.75, 3.05) is 0 Å². The molecule has 0 aromatic heterocycles. The lowest BCUT2D eigenvalue weighted by Crippen LogP contribution is -2.05. The van der Waals surface area contributed by atoms with Crippen molar-refractivity contribution in [3.8, 4) is 0 Å². The molecule has 0 aliphatic carbocycles. The van der Waals surface area contributed by atoms with Gasteiger partial charge in [0.15, 0.2) is 0 Å². The van der Waals surface area contributed by atoms with Crippen LogP contribution in [0.25, 0.3) is 0 Å². The van der Waals surface area contributed by atoms with E-state index in [2.05, 4.69) is 0 Å². The summed E-state index contributed by atoms with van der Waals surface area (Å²) in [4.78, 5) is 11.4. The molecule has 0 aliphatic rings. The van der Waals surface area contributed by atoms with Gasteiger partial charge in [-0.25, -0.2) is 0 Å². The smallest absolute Gasteiger partial charge is 0.303 e. The van der Waals surface area contributed by atoms with Crippen LogP contribution in [0.1, 0.15) is 149 Å². The van der Waals surface area contributed by atoms with Crippen molar-refractivity contribution in [3.05, 3.63) is 0 Å². The highest BCUT2D eigenvalue weighted by Crippen LogP contribution is 2.14. The number of carboxylic acid groups (broad SMARTS) is 1. The zero-order chi connectivity index (χ0) is 46.1. The maximum absolute atomic E-state index is 11.4. The molecule has 0 aliphatic heterocycles. The van der Waals surface area contributed by atoms with Gasteiger partial charge in [-0.15, -0.1) is 0 Å². The zero-order valence-electron chi connectivity index (χ0n) is 44.3. The minimum absolute atomic E-state index is 2.81. The molecule has 0 heterocycles. The SMILES string of the molecule is [2H]C([2H])([2H])C([2H])([2H])C([2H])([2H])C([2H])([2H])C([2H])([2H])C([2H])([2H])C([2H])(O)C([2H])([2H])C([2H])([2H])C([2H])([2H])C([2H])([2H])C([2H])([2H])C([2H])([2H])C([2H])([2H])C([2H])([2H])C([2H])([2H])C([2H])([2H])C(=O)O. The Morgan fingerprint density at radius 3 is 1.95 bits per heavy atom. The van der Waals surface area contributed by atoms with E-state index < -0.39 is 114 Å². The molecule has 0 bridgehead atoms. The first-order valence-corrected chi connectivity index (χ1v) is 4.90. The molecule has 0 fully saturated rings. The second kappa shape index (κ2) is 15.8. The molecule has 0 aromatic carbocycles. The first-order chi connectivity index (χ1) is 22.9. The average molecular weight is 335 g/mol. The zero-order valence-corrected chi connectivity index (χ0v) is 10.3. The number of hydrogen-bond acceptors (Lipinski definition) is 2. The van der Waals surface area contributed by atoms with Crippen LogP contribution in [0.5, 0.6) is 0 Å². The van der Waals surface area contributed by atoms with Crippen molar-refractivity contribution in [1.82, 2.24) is 0 Å². The summed E-state index contributed by atoms with van der Waals surface area (Å²) < 4.78 is 268. The molecule has 3 nitrogen and oxygen atoms in total. The molecule has 126 valence electrons. The van der Waals surface area contributed by atoms with Crippen LogP contribution in [0.2, 0.25) is 0 Å². The summed E-state index contributed by atoms with van der Waals surface area (Å²) in [5, 5.41) is 20.0. The van der Waals surface area contributed by atoms with Crippen LogP contribution in [-0.4, -0.2) is 22.3 Å². The lowest BCUT2D eigenvalue weighted by Gasteiger charge is -2.10. The molecule has 1 unspecified atom stereocenters. The lowest BCUT2D eigenvalue weighted by molar-refractivity contribution is -0.137. The number of aliphatic carboxylic acids is 1. The number of aliphatic hydroxyl groups is 1. The van der Waals surface area contributed by atoms with Gasteiger partial charge in [0.2, 0.25) is 0 Å². The van der Waals surface area contributed by atoms with E-state index in [-0.39, 0.29) is 0 Å².